The van der Waals surface area contributed by atoms with Crippen molar-refractivity contribution >= 4 is 46.6 Å². The van der Waals surface area contributed by atoms with E-state index in [4.69, 9.17) is 39.5 Å². The van der Waals surface area contributed by atoms with Crippen LogP contribution in [0.2, 0.25) is 15.1 Å². The van der Waals surface area contributed by atoms with Crippen LogP contribution in [0.4, 0.5) is 0 Å². The van der Waals surface area contributed by atoms with E-state index >= 15 is 0 Å². The third-order valence-corrected chi connectivity index (χ3v) is 5.83. The number of aryl methyl sites for hydroxylation is 2. The molecule has 8 heteroatoms. The van der Waals surface area contributed by atoms with E-state index in [0.717, 1.165) is 11.1 Å². The maximum Gasteiger partial charge on any atom is 0.261 e. The van der Waals surface area contributed by atoms with Gasteiger partial charge in [-0.1, -0.05) is 40.9 Å². The Labute approximate surface area is 192 Å². The molecular formula is C22H25Cl3N2O3. The van der Waals surface area contributed by atoms with Gasteiger partial charge in [-0.05, 0) is 68.7 Å². The maximum atomic E-state index is 13.0. The van der Waals surface area contributed by atoms with E-state index in [2.05, 4.69) is 5.32 Å². The van der Waals surface area contributed by atoms with Crippen LogP contribution in [0.25, 0.3) is 0 Å². The first-order valence-electron chi connectivity index (χ1n) is 9.54. The van der Waals surface area contributed by atoms with Crippen LogP contribution >= 0.6 is 34.8 Å². The predicted octanol–water partition coefficient (Wildman–Crippen LogP) is 5.20. The Balaban J connectivity index is 2.22. The molecule has 0 fully saturated rings. The second-order valence-corrected chi connectivity index (χ2v) is 8.21. The second kappa shape index (κ2) is 10.9. The lowest BCUT2D eigenvalue weighted by atomic mass is 10.1. The number of amides is 2. The first kappa shape index (κ1) is 24.3. The molecule has 1 atom stereocenters. The molecule has 0 spiro atoms. The molecule has 162 valence electrons. The molecule has 0 saturated carbocycles. The summed E-state index contributed by atoms with van der Waals surface area (Å²) >= 11 is 18.4. The standard InChI is InChI=1S/C22H25Cl3N2O3/c1-5-26-22(29)15(4)27(11-16-6-7-17(23)10-19(16)24)20(28)12-30-18-8-13(2)21(25)14(3)9-18/h6-10,15H,5,11-12H2,1-4H3,(H,26,29)/t15-/m1/s1. The van der Waals surface area contributed by atoms with Gasteiger partial charge in [0.1, 0.15) is 11.8 Å². The molecule has 2 rings (SSSR count). The predicted molar refractivity (Wildman–Crippen MR) is 122 cm³/mol. The summed E-state index contributed by atoms with van der Waals surface area (Å²) in [6.45, 7) is 7.62. The lowest BCUT2D eigenvalue weighted by Crippen LogP contribution is -2.49. The highest BCUT2D eigenvalue weighted by Gasteiger charge is 2.27. The van der Waals surface area contributed by atoms with Crippen LogP contribution in [-0.4, -0.2) is 35.9 Å². The zero-order chi connectivity index (χ0) is 22.4. The number of ether oxygens (including phenoxy) is 1. The molecule has 0 heterocycles. The molecule has 2 amide bonds. The molecule has 0 aromatic heterocycles. The molecule has 1 N–H and O–H groups in total. The Morgan fingerprint density at radius 1 is 1.10 bits per heavy atom. The first-order chi connectivity index (χ1) is 14.1. The number of likely N-dealkylation sites (N-methyl/N-ethyl adjacent to an activating group) is 1. The van der Waals surface area contributed by atoms with E-state index in [1.807, 2.05) is 20.8 Å². The molecule has 30 heavy (non-hydrogen) atoms. The molecular weight excluding hydrogens is 447 g/mol. The van der Waals surface area contributed by atoms with Crippen LogP contribution in [-0.2, 0) is 16.1 Å². The van der Waals surface area contributed by atoms with Gasteiger partial charge in [-0.25, -0.2) is 0 Å². The van der Waals surface area contributed by atoms with Crippen LogP contribution in [0.15, 0.2) is 30.3 Å². The van der Waals surface area contributed by atoms with Crippen LogP contribution in [0, 0.1) is 13.8 Å². The minimum absolute atomic E-state index is 0.148. The summed E-state index contributed by atoms with van der Waals surface area (Å²) in [5, 5.41) is 4.33. The Hall–Kier alpha value is -1.95. The Bertz CT molecular complexity index is 911. The average Bonchev–Trinajstić information content (AvgIpc) is 2.69. The highest BCUT2D eigenvalue weighted by Crippen LogP contribution is 2.26. The molecule has 0 unspecified atom stereocenters. The summed E-state index contributed by atoms with van der Waals surface area (Å²) in [6, 6.07) is 7.88. The van der Waals surface area contributed by atoms with E-state index in [0.29, 0.717) is 32.9 Å². The fourth-order valence-corrected chi connectivity index (χ4v) is 3.53. The maximum absolute atomic E-state index is 13.0. The molecule has 0 saturated heterocycles. The van der Waals surface area contributed by atoms with E-state index in [9.17, 15) is 9.59 Å². The van der Waals surface area contributed by atoms with Crippen molar-refractivity contribution in [1.82, 2.24) is 10.2 Å². The van der Waals surface area contributed by atoms with Gasteiger partial charge in [0.25, 0.3) is 5.91 Å². The Morgan fingerprint density at radius 2 is 1.73 bits per heavy atom. The van der Waals surface area contributed by atoms with Crippen molar-refractivity contribution in [3.8, 4) is 5.75 Å². The topological polar surface area (TPSA) is 58.6 Å². The van der Waals surface area contributed by atoms with Gasteiger partial charge >= 0.3 is 0 Å². The van der Waals surface area contributed by atoms with Gasteiger partial charge in [0, 0.05) is 28.2 Å². The van der Waals surface area contributed by atoms with Gasteiger partial charge in [0.2, 0.25) is 5.91 Å². The summed E-state index contributed by atoms with van der Waals surface area (Å²) in [6.07, 6.45) is 0. The van der Waals surface area contributed by atoms with Crippen molar-refractivity contribution in [3.05, 3.63) is 62.1 Å². The molecule has 2 aromatic rings. The summed E-state index contributed by atoms with van der Waals surface area (Å²) < 4.78 is 5.71. The fraction of sp³-hybridized carbons (Fsp3) is 0.364. The molecule has 0 aliphatic heterocycles. The van der Waals surface area contributed by atoms with Gasteiger partial charge < -0.3 is 15.0 Å². The zero-order valence-corrected chi connectivity index (χ0v) is 19.7. The second-order valence-electron chi connectivity index (χ2n) is 6.99. The van der Waals surface area contributed by atoms with Gasteiger partial charge in [-0.15, -0.1) is 0 Å². The van der Waals surface area contributed by atoms with Gasteiger partial charge in [0.15, 0.2) is 6.61 Å². The van der Waals surface area contributed by atoms with Crippen molar-refractivity contribution in [2.75, 3.05) is 13.2 Å². The van der Waals surface area contributed by atoms with Crippen LogP contribution < -0.4 is 10.1 Å². The normalized spacial score (nSPS) is 11.7. The lowest BCUT2D eigenvalue weighted by Gasteiger charge is -2.29. The molecule has 0 aliphatic carbocycles. The molecule has 0 radical (unpaired) electrons. The number of hydrogen-bond acceptors (Lipinski definition) is 3. The first-order valence-corrected chi connectivity index (χ1v) is 10.7. The van der Waals surface area contributed by atoms with Crippen molar-refractivity contribution in [2.24, 2.45) is 0 Å². The van der Waals surface area contributed by atoms with Crippen molar-refractivity contribution in [1.29, 1.82) is 0 Å². The van der Waals surface area contributed by atoms with Crippen molar-refractivity contribution in [2.45, 2.75) is 40.3 Å². The number of carbonyl (C=O) groups is 2. The smallest absolute Gasteiger partial charge is 0.261 e. The molecule has 0 aliphatic rings. The number of carbonyl (C=O) groups excluding carboxylic acids is 2. The number of nitrogens with one attached hydrogen (secondary N) is 1. The van der Waals surface area contributed by atoms with E-state index in [1.54, 1.807) is 37.3 Å². The molecule has 2 aromatic carbocycles. The lowest BCUT2D eigenvalue weighted by molar-refractivity contribution is -0.142. The summed E-state index contributed by atoms with van der Waals surface area (Å²) in [4.78, 5) is 26.9. The number of hydrogen-bond donors (Lipinski definition) is 1. The largest absolute Gasteiger partial charge is 0.484 e. The highest BCUT2D eigenvalue weighted by atomic mass is 35.5. The van der Waals surface area contributed by atoms with Gasteiger partial charge in [0.05, 0.1) is 0 Å². The summed E-state index contributed by atoms with van der Waals surface area (Å²) in [5.41, 5.74) is 2.41. The van der Waals surface area contributed by atoms with Gasteiger partial charge in [-0.3, -0.25) is 9.59 Å². The zero-order valence-electron chi connectivity index (χ0n) is 17.4. The van der Waals surface area contributed by atoms with Crippen LogP contribution in [0.5, 0.6) is 5.75 Å². The quantitative estimate of drug-likeness (QED) is 0.576. The van der Waals surface area contributed by atoms with Gasteiger partial charge in [-0.2, -0.15) is 0 Å². The third kappa shape index (κ3) is 6.27. The number of halogens is 3. The Morgan fingerprint density at radius 3 is 2.30 bits per heavy atom. The number of rotatable bonds is 8. The summed E-state index contributed by atoms with van der Waals surface area (Å²) in [5.74, 6) is -0.0583. The van der Waals surface area contributed by atoms with E-state index in [1.165, 1.54) is 4.90 Å². The van der Waals surface area contributed by atoms with Crippen LogP contribution in [0.1, 0.15) is 30.5 Å². The minimum atomic E-state index is -0.707. The number of nitrogens with zero attached hydrogens (tertiary/aromatic N) is 1. The van der Waals surface area contributed by atoms with Crippen molar-refractivity contribution < 1.29 is 14.3 Å². The van der Waals surface area contributed by atoms with Crippen molar-refractivity contribution in [3.63, 3.8) is 0 Å². The van der Waals surface area contributed by atoms with E-state index < -0.39 is 6.04 Å². The summed E-state index contributed by atoms with van der Waals surface area (Å²) in [7, 11) is 0. The fourth-order valence-electron chi connectivity index (χ4n) is 2.96. The Kier molecular flexibility index (Phi) is 8.83. The number of benzene rings is 2. The SMILES string of the molecule is CCNC(=O)[C@@H](C)N(Cc1ccc(Cl)cc1Cl)C(=O)COc1cc(C)c(Cl)c(C)c1. The minimum Gasteiger partial charge on any atom is -0.484 e. The third-order valence-electron chi connectivity index (χ3n) is 4.65. The van der Waals surface area contributed by atoms with E-state index in [-0.39, 0.29) is 25.0 Å². The van der Waals surface area contributed by atoms with Crippen LogP contribution in [0.3, 0.4) is 0 Å². The molecule has 5 nitrogen and oxygen atoms in total. The highest BCUT2D eigenvalue weighted by molar-refractivity contribution is 6.35. The average molecular weight is 472 g/mol. The monoisotopic (exact) mass is 470 g/mol. The molecule has 0 bridgehead atoms.